The minimum atomic E-state index is 0.398. The van der Waals surface area contributed by atoms with Crippen LogP contribution in [0, 0.1) is 34.5 Å². The van der Waals surface area contributed by atoms with E-state index in [2.05, 4.69) is 24.2 Å². The van der Waals surface area contributed by atoms with Crippen LogP contribution in [-0.4, -0.2) is 6.04 Å². The van der Waals surface area contributed by atoms with Crippen molar-refractivity contribution in [2.75, 3.05) is 0 Å². The van der Waals surface area contributed by atoms with Crippen LogP contribution in [0.4, 0.5) is 0 Å². The van der Waals surface area contributed by atoms with E-state index in [1.54, 1.807) is 0 Å². The maximum Gasteiger partial charge on any atom is 0.0376 e. The van der Waals surface area contributed by atoms with E-state index in [-0.39, 0.29) is 0 Å². The highest BCUT2D eigenvalue weighted by atomic mass is 15.2. The standard InChI is InChI=1S/C16H26N2/c1-3-4-5-14(18-17)16-9-12-6-13(10-16)8-15(2,7-12)11-16/h12-14,18H,5-11,17H2,1-2H3. The van der Waals surface area contributed by atoms with Gasteiger partial charge in [0.05, 0.1) is 0 Å². The summed E-state index contributed by atoms with van der Waals surface area (Å²) in [5.74, 6) is 14.1. The number of hydrazine groups is 1. The van der Waals surface area contributed by atoms with E-state index in [0.717, 1.165) is 18.3 Å². The predicted octanol–water partition coefficient (Wildman–Crippen LogP) is 2.84. The fourth-order valence-electron chi connectivity index (χ4n) is 5.86. The summed E-state index contributed by atoms with van der Waals surface area (Å²) >= 11 is 0. The summed E-state index contributed by atoms with van der Waals surface area (Å²) in [7, 11) is 0. The summed E-state index contributed by atoms with van der Waals surface area (Å²) in [6, 6.07) is 0.398. The molecule has 4 saturated carbocycles. The average Bonchev–Trinajstić information content (AvgIpc) is 2.26. The lowest BCUT2D eigenvalue weighted by Crippen LogP contribution is -2.59. The summed E-state index contributed by atoms with van der Waals surface area (Å²) in [4.78, 5) is 0. The Morgan fingerprint density at radius 1 is 1.28 bits per heavy atom. The zero-order valence-electron chi connectivity index (χ0n) is 11.8. The summed E-state index contributed by atoms with van der Waals surface area (Å²) in [6.45, 7) is 4.44. The molecule has 4 aliphatic carbocycles. The third-order valence-electron chi connectivity index (χ3n) is 5.82. The lowest BCUT2D eigenvalue weighted by atomic mass is 9.43. The molecule has 3 N–H and O–H groups in total. The van der Waals surface area contributed by atoms with Crippen molar-refractivity contribution in [2.24, 2.45) is 28.5 Å². The van der Waals surface area contributed by atoms with Crippen molar-refractivity contribution < 1.29 is 0 Å². The molecule has 100 valence electrons. The largest absolute Gasteiger partial charge is 0.271 e. The first kappa shape index (κ1) is 12.5. The van der Waals surface area contributed by atoms with Crippen LogP contribution in [-0.2, 0) is 0 Å². The monoisotopic (exact) mass is 246 g/mol. The van der Waals surface area contributed by atoms with Gasteiger partial charge in [-0.05, 0) is 68.1 Å². The van der Waals surface area contributed by atoms with Gasteiger partial charge in [0.1, 0.15) is 0 Å². The lowest BCUT2D eigenvalue weighted by molar-refractivity contribution is -0.117. The topological polar surface area (TPSA) is 38.0 Å². The Morgan fingerprint density at radius 2 is 1.94 bits per heavy atom. The summed E-state index contributed by atoms with van der Waals surface area (Å²) in [5.41, 5.74) is 4.15. The van der Waals surface area contributed by atoms with E-state index in [1.807, 2.05) is 6.92 Å². The van der Waals surface area contributed by atoms with Gasteiger partial charge < -0.3 is 0 Å². The smallest absolute Gasteiger partial charge is 0.0376 e. The van der Waals surface area contributed by atoms with Crippen LogP contribution in [0.1, 0.15) is 58.8 Å². The zero-order chi connectivity index (χ0) is 12.8. The number of nitrogens with two attached hydrogens (primary N) is 1. The van der Waals surface area contributed by atoms with Gasteiger partial charge in [0.2, 0.25) is 0 Å². The second-order valence-electron chi connectivity index (χ2n) is 7.48. The van der Waals surface area contributed by atoms with Crippen LogP contribution in [0.2, 0.25) is 0 Å². The molecule has 0 aliphatic heterocycles. The molecule has 18 heavy (non-hydrogen) atoms. The van der Waals surface area contributed by atoms with E-state index < -0.39 is 0 Å². The van der Waals surface area contributed by atoms with Crippen LogP contribution < -0.4 is 11.3 Å². The second kappa shape index (κ2) is 4.25. The third kappa shape index (κ3) is 1.89. The van der Waals surface area contributed by atoms with Crippen molar-refractivity contribution in [3.8, 4) is 11.8 Å². The van der Waals surface area contributed by atoms with Gasteiger partial charge in [-0.1, -0.05) is 6.92 Å². The molecule has 0 aromatic carbocycles. The Labute approximate surface area is 111 Å². The molecule has 0 aromatic rings. The zero-order valence-corrected chi connectivity index (χ0v) is 11.8. The molecule has 0 saturated heterocycles. The molecule has 0 amide bonds. The van der Waals surface area contributed by atoms with Crippen molar-refractivity contribution >= 4 is 0 Å². The predicted molar refractivity (Wildman–Crippen MR) is 74.4 cm³/mol. The number of rotatable bonds is 3. The van der Waals surface area contributed by atoms with Crippen molar-refractivity contribution in [3.63, 3.8) is 0 Å². The molecule has 4 bridgehead atoms. The van der Waals surface area contributed by atoms with Gasteiger partial charge >= 0.3 is 0 Å². The van der Waals surface area contributed by atoms with Gasteiger partial charge in [0, 0.05) is 12.5 Å². The molecule has 4 aliphatic rings. The van der Waals surface area contributed by atoms with Crippen molar-refractivity contribution in [1.82, 2.24) is 5.43 Å². The Balaban J connectivity index is 1.86. The van der Waals surface area contributed by atoms with Crippen molar-refractivity contribution in [1.29, 1.82) is 0 Å². The molecule has 3 unspecified atom stereocenters. The summed E-state index contributed by atoms with van der Waals surface area (Å²) < 4.78 is 0. The molecule has 4 fully saturated rings. The van der Waals surface area contributed by atoms with E-state index >= 15 is 0 Å². The van der Waals surface area contributed by atoms with Gasteiger partial charge in [0.15, 0.2) is 0 Å². The maximum absolute atomic E-state index is 5.86. The Morgan fingerprint density at radius 3 is 2.44 bits per heavy atom. The minimum Gasteiger partial charge on any atom is -0.271 e. The Kier molecular flexibility index (Phi) is 2.95. The first-order valence-electron chi connectivity index (χ1n) is 7.45. The maximum atomic E-state index is 5.86. The van der Waals surface area contributed by atoms with E-state index in [0.29, 0.717) is 16.9 Å². The van der Waals surface area contributed by atoms with Gasteiger partial charge in [-0.25, -0.2) is 0 Å². The molecule has 4 rings (SSSR count). The van der Waals surface area contributed by atoms with Crippen LogP contribution >= 0.6 is 0 Å². The van der Waals surface area contributed by atoms with Gasteiger partial charge in [-0.15, -0.1) is 11.8 Å². The molecule has 0 spiro atoms. The van der Waals surface area contributed by atoms with Gasteiger partial charge in [-0.2, -0.15) is 0 Å². The van der Waals surface area contributed by atoms with Gasteiger partial charge in [-0.3, -0.25) is 11.3 Å². The number of nitrogens with one attached hydrogen (secondary N) is 1. The normalized spacial score (nSPS) is 46.6. The van der Waals surface area contributed by atoms with Gasteiger partial charge in [0.25, 0.3) is 0 Å². The van der Waals surface area contributed by atoms with Crippen LogP contribution in [0.25, 0.3) is 0 Å². The SMILES string of the molecule is CC#CCC(NN)C12CC3CC(CC(C)(C3)C1)C2. The lowest BCUT2D eigenvalue weighted by Gasteiger charge is -2.63. The van der Waals surface area contributed by atoms with E-state index in [4.69, 9.17) is 5.84 Å². The number of hydrogen-bond donors (Lipinski definition) is 2. The molecular weight excluding hydrogens is 220 g/mol. The molecule has 3 atom stereocenters. The van der Waals surface area contributed by atoms with Crippen LogP contribution in [0.15, 0.2) is 0 Å². The Hall–Kier alpha value is -0.520. The van der Waals surface area contributed by atoms with E-state index in [1.165, 1.54) is 38.5 Å². The molecular formula is C16H26N2. The van der Waals surface area contributed by atoms with Crippen LogP contribution in [0.3, 0.4) is 0 Å². The highest BCUT2D eigenvalue weighted by Crippen LogP contribution is 2.66. The highest BCUT2D eigenvalue weighted by Gasteiger charge is 2.57. The molecule has 0 aromatic heterocycles. The average molecular weight is 246 g/mol. The minimum absolute atomic E-state index is 0.398. The molecule has 2 heteroatoms. The highest BCUT2D eigenvalue weighted by molar-refractivity contribution is 5.12. The van der Waals surface area contributed by atoms with E-state index in [9.17, 15) is 0 Å². The number of hydrogen-bond acceptors (Lipinski definition) is 2. The van der Waals surface area contributed by atoms with Crippen molar-refractivity contribution in [3.05, 3.63) is 0 Å². The van der Waals surface area contributed by atoms with Crippen molar-refractivity contribution in [2.45, 2.75) is 64.8 Å². The molecule has 2 nitrogen and oxygen atoms in total. The first-order chi connectivity index (χ1) is 8.59. The fraction of sp³-hybridized carbons (Fsp3) is 0.875. The molecule has 0 radical (unpaired) electrons. The summed E-state index contributed by atoms with van der Waals surface area (Å²) in [5, 5.41) is 0. The second-order valence-corrected chi connectivity index (χ2v) is 7.48. The quantitative estimate of drug-likeness (QED) is 0.456. The third-order valence-corrected chi connectivity index (χ3v) is 5.82. The van der Waals surface area contributed by atoms with Crippen LogP contribution in [0.5, 0.6) is 0 Å². The summed E-state index contributed by atoms with van der Waals surface area (Å²) in [6.07, 6.45) is 9.46. The first-order valence-corrected chi connectivity index (χ1v) is 7.45. The fourth-order valence-corrected chi connectivity index (χ4v) is 5.86. The molecule has 0 heterocycles. The Bertz CT molecular complexity index is 376.